The van der Waals surface area contributed by atoms with Crippen molar-refractivity contribution in [1.82, 2.24) is 5.32 Å². The molecule has 0 aromatic heterocycles. The minimum Gasteiger partial charge on any atom is -0.457 e. The summed E-state index contributed by atoms with van der Waals surface area (Å²) in [6.45, 7) is 24.3. The third-order valence-electron chi connectivity index (χ3n) is 8.79. The van der Waals surface area contributed by atoms with Crippen molar-refractivity contribution in [2.45, 2.75) is 123 Å². The third-order valence-corrected chi connectivity index (χ3v) is 13.3. The lowest BCUT2D eigenvalue weighted by atomic mass is 9.86. The number of methoxy groups -OCH3 is 1. The molecule has 1 saturated heterocycles. The molecule has 0 aliphatic carbocycles. The lowest BCUT2D eigenvalue weighted by Crippen LogP contribution is -2.49. The second-order valence-corrected chi connectivity index (χ2v) is 18.3. The number of Topliss-reactive ketones (excluding diaryl/α,β-unsaturated/α-hetero) is 1. The Balaban J connectivity index is 3.22. The molecule has 1 N–H and O–H groups in total. The Morgan fingerprint density at radius 2 is 1.70 bits per heavy atom. The van der Waals surface area contributed by atoms with Gasteiger partial charge in [-0.25, -0.2) is 0 Å². The second kappa shape index (κ2) is 18.4. The number of hydrogen-bond acceptors (Lipinski definition) is 7. The van der Waals surface area contributed by atoms with Gasteiger partial charge in [-0.3, -0.25) is 24.5 Å². The number of allylic oxidation sites excluding steroid dienone is 2. The molecule has 1 rings (SSSR count). The van der Waals surface area contributed by atoms with Gasteiger partial charge < -0.3 is 13.9 Å². The van der Waals surface area contributed by atoms with Crippen molar-refractivity contribution in [2.24, 2.45) is 17.8 Å². The maximum atomic E-state index is 13.4. The van der Waals surface area contributed by atoms with E-state index in [4.69, 9.17) is 13.9 Å². The van der Waals surface area contributed by atoms with E-state index in [1.54, 1.807) is 32.3 Å². The minimum absolute atomic E-state index is 0.0178. The number of ether oxygens (including phenoxy) is 2. The first-order chi connectivity index (χ1) is 20.5. The molecule has 0 spiro atoms. The van der Waals surface area contributed by atoms with Gasteiger partial charge in [0.25, 0.3) is 0 Å². The molecule has 1 unspecified atom stereocenters. The maximum absolute atomic E-state index is 13.4. The zero-order chi connectivity index (χ0) is 33.7. The smallest absolute Gasteiger partial charge is 0.310 e. The number of carbonyl (C=O) groups excluding carboxylic acids is 4. The summed E-state index contributed by atoms with van der Waals surface area (Å²) in [5, 5.41) is 2.30. The molecule has 0 saturated carbocycles. The van der Waals surface area contributed by atoms with Crippen LogP contribution < -0.4 is 5.32 Å². The predicted molar refractivity (Wildman–Crippen MR) is 178 cm³/mol. The van der Waals surface area contributed by atoms with Crippen molar-refractivity contribution in [3.05, 3.63) is 49.1 Å². The van der Waals surface area contributed by atoms with Crippen LogP contribution in [0.1, 0.15) is 86.5 Å². The van der Waals surface area contributed by atoms with Crippen LogP contribution >= 0.6 is 0 Å². The van der Waals surface area contributed by atoms with Gasteiger partial charge in [-0.05, 0) is 55.8 Å². The number of carbonyl (C=O) groups is 4. The van der Waals surface area contributed by atoms with Crippen molar-refractivity contribution in [3.8, 4) is 0 Å². The summed E-state index contributed by atoms with van der Waals surface area (Å²) in [7, 11) is -0.550. The lowest BCUT2D eigenvalue weighted by Gasteiger charge is -2.42. The number of hydrogen-bond donors (Lipinski definition) is 1. The highest BCUT2D eigenvalue weighted by molar-refractivity contribution is 6.74. The first-order valence-corrected chi connectivity index (χ1v) is 18.7. The molecule has 1 fully saturated rings. The molecule has 248 valence electrons. The number of ketones is 1. The molecule has 2 amide bonds. The molecule has 1 aliphatic rings. The van der Waals surface area contributed by atoms with E-state index in [9.17, 15) is 19.2 Å². The molecule has 0 aromatic rings. The number of nitrogens with one attached hydrogen (secondary N) is 1. The van der Waals surface area contributed by atoms with Gasteiger partial charge in [0.15, 0.2) is 8.32 Å². The summed E-state index contributed by atoms with van der Waals surface area (Å²) >= 11 is 0. The fraction of sp³-hybridized carbons (Fsp3) is 0.657. The lowest BCUT2D eigenvalue weighted by molar-refractivity contribution is -0.150. The van der Waals surface area contributed by atoms with E-state index < -0.39 is 26.3 Å². The molecular formula is C35H57NO7Si. The number of imide groups is 1. The van der Waals surface area contributed by atoms with Gasteiger partial charge in [-0.2, -0.15) is 0 Å². The minimum atomic E-state index is -2.19. The van der Waals surface area contributed by atoms with Crippen molar-refractivity contribution in [1.29, 1.82) is 0 Å². The third kappa shape index (κ3) is 12.8. The largest absolute Gasteiger partial charge is 0.457 e. The van der Waals surface area contributed by atoms with E-state index in [0.29, 0.717) is 32.1 Å². The topological polar surface area (TPSA) is 108 Å². The first kappa shape index (κ1) is 39.4. The van der Waals surface area contributed by atoms with Gasteiger partial charge >= 0.3 is 5.97 Å². The van der Waals surface area contributed by atoms with Crippen LogP contribution in [0.4, 0.5) is 0 Å². The van der Waals surface area contributed by atoms with Crippen LogP contribution in [0.15, 0.2) is 49.1 Å². The zero-order valence-electron chi connectivity index (χ0n) is 28.6. The highest BCUT2D eigenvalue weighted by Gasteiger charge is 2.42. The van der Waals surface area contributed by atoms with Crippen molar-refractivity contribution < 1.29 is 33.1 Å². The standard InChI is InChI=1S/C35H57NO7Si/c1-12-14-15-16-20-32(40)42-33(26(5)28(37)19-17-18-27-22-30(38)36-31(39)23-27)24(3)21-25(4)34(29(13-2)41-9)43-44(10,11)35(6,7)8/h12-13,15-16,21,25-27,29,33-34H,1-2,14,17-20,22-23H2,3-11H3,(H,36,38,39)/b16-15?,24-21-/t25-,26-,29+,33?,34+/m1/s1. The molecule has 5 atom stereocenters. The zero-order valence-corrected chi connectivity index (χ0v) is 29.6. The molecule has 0 aromatic carbocycles. The van der Waals surface area contributed by atoms with E-state index in [0.717, 1.165) is 5.57 Å². The average Bonchev–Trinajstić information content (AvgIpc) is 2.92. The average molecular weight is 632 g/mol. The summed E-state index contributed by atoms with van der Waals surface area (Å²) in [6.07, 6.45) is 10.4. The Morgan fingerprint density at radius 3 is 2.23 bits per heavy atom. The highest BCUT2D eigenvalue weighted by atomic mass is 28.4. The Hall–Kier alpha value is -2.62. The molecular weight excluding hydrogens is 574 g/mol. The van der Waals surface area contributed by atoms with Gasteiger partial charge in [0.05, 0.1) is 18.4 Å². The Labute approximate surface area is 266 Å². The monoisotopic (exact) mass is 631 g/mol. The van der Waals surface area contributed by atoms with Crippen LogP contribution in [0.3, 0.4) is 0 Å². The molecule has 44 heavy (non-hydrogen) atoms. The van der Waals surface area contributed by atoms with Gasteiger partial charge in [-0.15, -0.1) is 13.2 Å². The van der Waals surface area contributed by atoms with E-state index >= 15 is 0 Å². The van der Waals surface area contributed by atoms with Crippen LogP contribution in [0.2, 0.25) is 18.1 Å². The van der Waals surface area contributed by atoms with Crippen LogP contribution in [-0.4, -0.2) is 57.3 Å². The maximum Gasteiger partial charge on any atom is 0.310 e. The summed E-state index contributed by atoms with van der Waals surface area (Å²) in [4.78, 5) is 49.8. The SMILES string of the molecule is C=CCC=CCC(=O)OC(/C(C)=C\[C@@H](C)[C@H](O[Si](C)(C)C(C)(C)C)[C@H](C=C)OC)[C@H](C)C(=O)CCCC1CC(=O)NC(=O)C1. The Kier molecular flexibility index (Phi) is 16.5. The number of amides is 2. The molecule has 1 heterocycles. The van der Waals surface area contributed by atoms with Gasteiger partial charge in [0, 0.05) is 32.3 Å². The molecule has 9 heteroatoms. The fourth-order valence-corrected chi connectivity index (χ4v) is 6.51. The normalized spacial score (nSPS) is 18.7. The van der Waals surface area contributed by atoms with Crippen molar-refractivity contribution >= 4 is 31.9 Å². The van der Waals surface area contributed by atoms with E-state index in [1.165, 1.54) is 0 Å². The number of piperidine rings is 1. The highest BCUT2D eigenvalue weighted by Crippen LogP contribution is 2.39. The van der Waals surface area contributed by atoms with E-state index in [1.807, 2.05) is 26.0 Å². The first-order valence-electron chi connectivity index (χ1n) is 15.8. The van der Waals surface area contributed by atoms with Crippen molar-refractivity contribution in [3.63, 3.8) is 0 Å². The van der Waals surface area contributed by atoms with Gasteiger partial charge in [0.1, 0.15) is 18.0 Å². The van der Waals surface area contributed by atoms with Gasteiger partial charge in [-0.1, -0.05) is 65.0 Å². The summed E-state index contributed by atoms with van der Waals surface area (Å²) in [5.41, 5.74) is 0.763. The molecule has 1 aliphatic heterocycles. The van der Waals surface area contributed by atoms with Crippen molar-refractivity contribution in [2.75, 3.05) is 7.11 Å². The fourth-order valence-electron chi connectivity index (χ4n) is 5.13. The Morgan fingerprint density at radius 1 is 1.09 bits per heavy atom. The van der Waals surface area contributed by atoms with Gasteiger partial charge in [0.2, 0.25) is 11.8 Å². The molecule has 0 bridgehead atoms. The second-order valence-electron chi connectivity index (χ2n) is 13.6. The number of esters is 1. The molecule has 8 nitrogen and oxygen atoms in total. The molecule has 0 radical (unpaired) electrons. The van der Waals surface area contributed by atoms with Crippen LogP contribution in [0.25, 0.3) is 0 Å². The van der Waals surface area contributed by atoms with Crippen LogP contribution in [0, 0.1) is 17.8 Å². The predicted octanol–water partition coefficient (Wildman–Crippen LogP) is 7.02. The van der Waals surface area contributed by atoms with Crippen LogP contribution in [0.5, 0.6) is 0 Å². The Bertz CT molecular complexity index is 1060. The summed E-state index contributed by atoms with van der Waals surface area (Å²) in [5.74, 6) is -1.78. The van der Waals surface area contributed by atoms with E-state index in [2.05, 4.69) is 52.3 Å². The van der Waals surface area contributed by atoms with Crippen LogP contribution in [-0.2, 0) is 33.1 Å². The summed E-state index contributed by atoms with van der Waals surface area (Å²) in [6, 6.07) is 0. The van der Waals surface area contributed by atoms with E-state index in [-0.39, 0.29) is 59.5 Å². The number of rotatable bonds is 19. The quantitative estimate of drug-likeness (QED) is 0.0706. The summed E-state index contributed by atoms with van der Waals surface area (Å²) < 4.78 is 18.6.